The van der Waals surface area contributed by atoms with E-state index in [-0.39, 0.29) is 12.3 Å². The van der Waals surface area contributed by atoms with Gasteiger partial charge in [-0.15, -0.1) is 0 Å². The van der Waals surface area contributed by atoms with Gasteiger partial charge in [-0.1, -0.05) is 29.8 Å². The van der Waals surface area contributed by atoms with E-state index in [1.165, 1.54) is 0 Å². The van der Waals surface area contributed by atoms with Gasteiger partial charge in [-0.25, -0.2) is 0 Å². The second-order valence-corrected chi connectivity index (χ2v) is 6.69. The highest BCUT2D eigenvalue weighted by molar-refractivity contribution is 5.91. The van der Waals surface area contributed by atoms with Crippen molar-refractivity contribution in [3.05, 3.63) is 41.5 Å². The van der Waals surface area contributed by atoms with Crippen LogP contribution < -0.4 is 5.32 Å². The maximum atomic E-state index is 12.1. The lowest BCUT2D eigenvalue weighted by atomic mass is 9.91. The molecule has 1 aliphatic rings. The Kier molecular flexibility index (Phi) is 5.81. The highest BCUT2D eigenvalue weighted by Gasteiger charge is 2.23. The first-order valence-corrected chi connectivity index (χ1v) is 8.92. The molecule has 1 saturated heterocycles. The zero-order chi connectivity index (χ0) is 17.6. The average Bonchev–Trinajstić information content (AvgIpc) is 3.04. The van der Waals surface area contributed by atoms with Crippen LogP contribution in [0.2, 0.25) is 0 Å². The quantitative estimate of drug-likeness (QED) is 0.871. The van der Waals surface area contributed by atoms with E-state index in [0.29, 0.717) is 23.7 Å². The van der Waals surface area contributed by atoms with Crippen LogP contribution in [0, 0.1) is 12.8 Å². The van der Waals surface area contributed by atoms with Crippen LogP contribution in [0.5, 0.6) is 0 Å². The van der Waals surface area contributed by atoms with Gasteiger partial charge in [0.2, 0.25) is 11.8 Å². The first-order valence-electron chi connectivity index (χ1n) is 8.92. The third-order valence-corrected chi connectivity index (χ3v) is 4.56. The van der Waals surface area contributed by atoms with E-state index in [0.717, 1.165) is 43.5 Å². The lowest BCUT2D eigenvalue weighted by Gasteiger charge is -2.27. The number of anilines is 1. The van der Waals surface area contributed by atoms with Crippen LogP contribution in [0.15, 0.2) is 28.8 Å². The normalized spacial score (nSPS) is 20.4. The highest BCUT2D eigenvalue weighted by atomic mass is 16.5. The summed E-state index contributed by atoms with van der Waals surface area (Å²) in [6.07, 6.45) is 4.28. The smallest absolute Gasteiger partial charge is 0.232 e. The summed E-state index contributed by atoms with van der Waals surface area (Å²) in [5.41, 5.74) is 1.92. The second-order valence-electron chi connectivity index (χ2n) is 6.69. The number of hydrogen-bond acceptors (Lipinski definition) is 5. The fraction of sp³-hybridized carbons (Fsp3) is 0.526. The van der Waals surface area contributed by atoms with E-state index >= 15 is 0 Å². The molecule has 2 aromatic rings. The molecule has 25 heavy (non-hydrogen) atoms. The van der Waals surface area contributed by atoms with Gasteiger partial charge in [-0.05, 0) is 44.2 Å². The van der Waals surface area contributed by atoms with Crippen molar-refractivity contribution in [2.75, 3.05) is 11.9 Å². The Hall–Kier alpha value is -2.21. The number of carbonyl (C=O) groups is 1. The lowest BCUT2D eigenvalue weighted by Crippen LogP contribution is -2.26. The number of carbonyl (C=O) groups excluding carboxylic acids is 1. The predicted octanol–water partition coefficient (Wildman–Crippen LogP) is 3.31. The van der Waals surface area contributed by atoms with Crippen LogP contribution in [0.25, 0.3) is 0 Å². The highest BCUT2D eigenvalue weighted by Crippen LogP contribution is 2.25. The van der Waals surface area contributed by atoms with Gasteiger partial charge in [0.05, 0.1) is 12.5 Å². The summed E-state index contributed by atoms with van der Waals surface area (Å²) in [5, 5.41) is 6.78. The third kappa shape index (κ3) is 5.13. The first-order chi connectivity index (χ1) is 12.1. The van der Waals surface area contributed by atoms with Gasteiger partial charge in [-0.2, -0.15) is 4.98 Å². The fourth-order valence-corrected chi connectivity index (χ4v) is 3.11. The molecule has 6 nitrogen and oxygen atoms in total. The molecule has 1 amide bonds. The van der Waals surface area contributed by atoms with Gasteiger partial charge in [0.1, 0.15) is 0 Å². The van der Waals surface area contributed by atoms with Crippen molar-refractivity contribution >= 4 is 11.6 Å². The molecule has 0 saturated carbocycles. The Bertz CT molecular complexity index is 696. The summed E-state index contributed by atoms with van der Waals surface area (Å²) >= 11 is 0. The van der Waals surface area contributed by atoms with Gasteiger partial charge < -0.3 is 14.6 Å². The van der Waals surface area contributed by atoms with Crippen molar-refractivity contribution in [2.24, 2.45) is 5.92 Å². The van der Waals surface area contributed by atoms with Gasteiger partial charge in [0.25, 0.3) is 0 Å². The number of aryl methyl sites for hydroxylation is 1. The van der Waals surface area contributed by atoms with Crippen LogP contribution in [0.3, 0.4) is 0 Å². The predicted molar refractivity (Wildman–Crippen MR) is 94.3 cm³/mol. The van der Waals surface area contributed by atoms with Gasteiger partial charge in [-0.3, -0.25) is 4.79 Å². The topological polar surface area (TPSA) is 77.3 Å². The maximum absolute atomic E-state index is 12.1. The number of ether oxygens (including phenoxy) is 1. The summed E-state index contributed by atoms with van der Waals surface area (Å²) < 4.78 is 11.0. The monoisotopic (exact) mass is 343 g/mol. The van der Waals surface area contributed by atoms with E-state index < -0.39 is 0 Å². The minimum absolute atomic E-state index is 0.114. The number of amides is 1. The van der Waals surface area contributed by atoms with Gasteiger partial charge in [0.15, 0.2) is 5.82 Å². The fourth-order valence-electron chi connectivity index (χ4n) is 3.11. The van der Waals surface area contributed by atoms with E-state index in [4.69, 9.17) is 9.26 Å². The number of nitrogens with zero attached hydrogens (tertiary/aromatic N) is 2. The molecule has 0 spiro atoms. The summed E-state index contributed by atoms with van der Waals surface area (Å²) in [4.78, 5) is 16.5. The van der Waals surface area contributed by atoms with E-state index in [1.54, 1.807) is 0 Å². The maximum Gasteiger partial charge on any atom is 0.232 e. The van der Waals surface area contributed by atoms with E-state index in [1.807, 2.05) is 31.2 Å². The average molecular weight is 343 g/mol. The van der Waals surface area contributed by atoms with E-state index in [2.05, 4.69) is 22.4 Å². The Morgan fingerprint density at radius 3 is 2.88 bits per heavy atom. The van der Waals surface area contributed by atoms with Gasteiger partial charge >= 0.3 is 0 Å². The second kappa shape index (κ2) is 8.25. The Balaban J connectivity index is 1.51. The molecule has 0 radical (unpaired) electrons. The largest absolute Gasteiger partial charge is 0.378 e. The summed E-state index contributed by atoms with van der Waals surface area (Å²) in [7, 11) is 0. The molecule has 0 aliphatic carbocycles. The lowest BCUT2D eigenvalue weighted by molar-refractivity contribution is -0.115. The molecule has 1 aliphatic heterocycles. The molecule has 2 atom stereocenters. The van der Waals surface area contributed by atoms with Crippen molar-refractivity contribution in [3.8, 4) is 0 Å². The SMILES string of the molecule is CC[C@@H]1C[C@@H](Cc2nc(CC(=O)Nc3ccc(C)cc3)no2)CCO1. The number of benzene rings is 1. The van der Waals surface area contributed by atoms with Gasteiger partial charge in [0, 0.05) is 18.7 Å². The summed E-state index contributed by atoms with van der Waals surface area (Å²) in [5.74, 6) is 1.40. The van der Waals surface area contributed by atoms with Crippen LogP contribution in [0.4, 0.5) is 5.69 Å². The molecule has 0 unspecified atom stereocenters. The van der Waals surface area contributed by atoms with Crippen molar-refractivity contribution in [3.63, 3.8) is 0 Å². The molecule has 6 heteroatoms. The number of nitrogens with one attached hydrogen (secondary N) is 1. The number of aromatic nitrogens is 2. The summed E-state index contributed by atoms with van der Waals surface area (Å²) in [6, 6.07) is 7.67. The molecule has 1 N–H and O–H groups in total. The standard InChI is InChI=1S/C19H25N3O3/c1-3-16-10-14(8-9-24-16)11-19-21-17(22-25-19)12-18(23)20-15-6-4-13(2)5-7-15/h4-7,14,16H,3,8-12H2,1-2H3,(H,20,23)/t14-,16+/m0/s1. The van der Waals surface area contributed by atoms with E-state index in [9.17, 15) is 4.79 Å². The Morgan fingerprint density at radius 2 is 2.12 bits per heavy atom. The minimum Gasteiger partial charge on any atom is -0.378 e. The molecular weight excluding hydrogens is 318 g/mol. The minimum atomic E-state index is -0.145. The molecule has 0 bridgehead atoms. The summed E-state index contributed by atoms with van der Waals surface area (Å²) in [6.45, 7) is 4.95. The Labute approximate surface area is 148 Å². The van der Waals surface area contributed by atoms with Crippen molar-refractivity contribution in [1.82, 2.24) is 10.1 Å². The zero-order valence-electron chi connectivity index (χ0n) is 14.8. The van der Waals surface area contributed by atoms with Crippen LogP contribution in [-0.2, 0) is 22.4 Å². The van der Waals surface area contributed by atoms with Crippen LogP contribution in [0.1, 0.15) is 43.5 Å². The van der Waals surface area contributed by atoms with Crippen molar-refractivity contribution in [2.45, 2.75) is 52.1 Å². The molecule has 1 aromatic heterocycles. The molecule has 134 valence electrons. The van der Waals surface area contributed by atoms with Crippen molar-refractivity contribution < 1.29 is 14.1 Å². The van der Waals surface area contributed by atoms with Crippen LogP contribution in [-0.4, -0.2) is 28.8 Å². The molecular formula is C19H25N3O3. The Morgan fingerprint density at radius 1 is 1.32 bits per heavy atom. The zero-order valence-corrected chi connectivity index (χ0v) is 14.8. The molecule has 1 aromatic carbocycles. The molecule has 3 rings (SSSR count). The first kappa shape index (κ1) is 17.6. The van der Waals surface area contributed by atoms with Crippen LogP contribution >= 0.6 is 0 Å². The molecule has 1 fully saturated rings. The number of hydrogen-bond donors (Lipinski definition) is 1. The number of rotatable bonds is 6. The third-order valence-electron chi connectivity index (χ3n) is 4.56. The van der Waals surface area contributed by atoms with Crippen molar-refractivity contribution in [1.29, 1.82) is 0 Å². The molecule has 2 heterocycles.